The summed E-state index contributed by atoms with van der Waals surface area (Å²) in [6.45, 7) is 5.65. The molecule has 0 radical (unpaired) electrons. The van der Waals surface area contributed by atoms with Gasteiger partial charge >= 0.3 is 0 Å². The average Bonchev–Trinajstić information content (AvgIpc) is 2.78. The molecule has 0 bridgehead atoms. The zero-order chi connectivity index (χ0) is 13.1. The Balaban J connectivity index is 2.40. The standard InChI is InChI=1S/C15H22N2O/c1-3-12-6-5-7-13(4-2)15(12)17-10-11(9-16)8-14(17)18/h5-7,11H,3-4,8-10,16H2,1-2H3. The SMILES string of the molecule is CCc1cccc(CC)c1N1CC(CN)CC1=O. The van der Waals surface area contributed by atoms with Crippen molar-refractivity contribution in [1.82, 2.24) is 0 Å². The van der Waals surface area contributed by atoms with Gasteiger partial charge in [-0.1, -0.05) is 32.0 Å². The van der Waals surface area contributed by atoms with Gasteiger partial charge in [-0.25, -0.2) is 0 Å². The molecule has 1 aromatic carbocycles. The summed E-state index contributed by atoms with van der Waals surface area (Å²) in [7, 11) is 0. The first-order valence-corrected chi connectivity index (χ1v) is 6.82. The normalized spacial score (nSPS) is 19.6. The van der Waals surface area contributed by atoms with Gasteiger partial charge in [-0.05, 0) is 36.4 Å². The van der Waals surface area contributed by atoms with E-state index in [1.807, 2.05) is 4.90 Å². The predicted octanol–water partition coefficient (Wildman–Crippen LogP) is 2.12. The number of benzene rings is 1. The molecule has 1 saturated heterocycles. The van der Waals surface area contributed by atoms with Crippen LogP contribution in [0.4, 0.5) is 5.69 Å². The van der Waals surface area contributed by atoms with Crippen LogP contribution in [0, 0.1) is 5.92 Å². The Morgan fingerprint density at radius 2 is 1.89 bits per heavy atom. The third kappa shape index (κ3) is 2.27. The van der Waals surface area contributed by atoms with Crippen molar-refractivity contribution in [2.45, 2.75) is 33.1 Å². The number of hydrogen-bond acceptors (Lipinski definition) is 2. The van der Waals surface area contributed by atoms with E-state index in [2.05, 4.69) is 32.0 Å². The van der Waals surface area contributed by atoms with Crippen molar-refractivity contribution in [3.8, 4) is 0 Å². The number of amides is 1. The lowest BCUT2D eigenvalue weighted by molar-refractivity contribution is -0.117. The van der Waals surface area contributed by atoms with Crippen LogP contribution in [0.2, 0.25) is 0 Å². The molecule has 1 atom stereocenters. The van der Waals surface area contributed by atoms with Crippen LogP contribution in [0.3, 0.4) is 0 Å². The Morgan fingerprint density at radius 3 is 2.33 bits per heavy atom. The average molecular weight is 246 g/mol. The smallest absolute Gasteiger partial charge is 0.227 e. The number of rotatable bonds is 4. The van der Waals surface area contributed by atoms with Crippen molar-refractivity contribution in [1.29, 1.82) is 0 Å². The van der Waals surface area contributed by atoms with E-state index in [4.69, 9.17) is 5.73 Å². The van der Waals surface area contributed by atoms with Crippen LogP contribution < -0.4 is 10.6 Å². The predicted molar refractivity (Wildman–Crippen MR) is 74.7 cm³/mol. The molecule has 98 valence electrons. The Labute approximate surface area is 109 Å². The van der Waals surface area contributed by atoms with Crippen LogP contribution in [0.1, 0.15) is 31.4 Å². The molecule has 2 rings (SSSR count). The van der Waals surface area contributed by atoms with E-state index in [0.717, 1.165) is 25.1 Å². The van der Waals surface area contributed by atoms with Gasteiger partial charge in [0.05, 0.1) is 0 Å². The highest BCUT2D eigenvalue weighted by Gasteiger charge is 2.31. The van der Waals surface area contributed by atoms with Crippen molar-refractivity contribution >= 4 is 11.6 Å². The fraction of sp³-hybridized carbons (Fsp3) is 0.533. The molecule has 1 aliphatic rings. The Morgan fingerprint density at radius 1 is 1.28 bits per heavy atom. The van der Waals surface area contributed by atoms with Crippen LogP contribution in [-0.2, 0) is 17.6 Å². The molecule has 18 heavy (non-hydrogen) atoms. The molecule has 3 heteroatoms. The zero-order valence-electron chi connectivity index (χ0n) is 11.3. The maximum atomic E-state index is 12.2. The van der Waals surface area contributed by atoms with E-state index in [1.54, 1.807) is 0 Å². The second kappa shape index (κ2) is 5.53. The van der Waals surface area contributed by atoms with Gasteiger partial charge < -0.3 is 10.6 Å². The van der Waals surface area contributed by atoms with Gasteiger partial charge in [0.2, 0.25) is 5.91 Å². The number of hydrogen-bond donors (Lipinski definition) is 1. The van der Waals surface area contributed by atoms with Gasteiger partial charge in [0.1, 0.15) is 0 Å². The highest BCUT2D eigenvalue weighted by molar-refractivity contribution is 5.97. The van der Waals surface area contributed by atoms with Crippen molar-refractivity contribution < 1.29 is 4.79 Å². The summed E-state index contributed by atoms with van der Waals surface area (Å²) in [5.41, 5.74) is 9.37. The van der Waals surface area contributed by atoms with Crippen molar-refractivity contribution in [3.63, 3.8) is 0 Å². The van der Waals surface area contributed by atoms with E-state index in [9.17, 15) is 4.79 Å². The maximum absolute atomic E-state index is 12.2. The summed E-state index contributed by atoms with van der Waals surface area (Å²) < 4.78 is 0. The number of aryl methyl sites for hydroxylation is 2. The fourth-order valence-corrected chi connectivity index (χ4v) is 2.72. The number of carbonyl (C=O) groups excluding carboxylic acids is 1. The lowest BCUT2D eigenvalue weighted by Crippen LogP contribution is -2.27. The van der Waals surface area contributed by atoms with Crippen LogP contribution >= 0.6 is 0 Å². The molecule has 0 saturated carbocycles. The second-order valence-electron chi connectivity index (χ2n) is 4.94. The first-order chi connectivity index (χ1) is 8.71. The fourth-order valence-electron chi connectivity index (χ4n) is 2.72. The Kier molecular flexibility index (Phi) is 4.02. The summed E-state index contributed by atoms with van der Waals surface area (Å²) in [4.78, 5) is 14.1. The minimum atomic E-state index is 0.223. The quantitative estimate of drug-likeness (QED) is 0.884. The molecule has 0 aliphatic carbocycles. The minimum Gasteiger partial charge on any atom is -0.330 e. The number of anilines is 1. The first kappa shape index (κ1) is 13.1. The number of nitrogens with zero attached hydrogens (tertiary/aromatic N) is 1. The van der Waals surface area contributed by atoms with E-state index in [0.29, 0.717) is 18.9 Å². The molecule has 0 aromatic heterocycles. The molecule has 1 aromatic rings. The third-order valence-corrected chi connectivity index (χ3v) is 3.77. The van der Waals surface area contributed by atoms with Crippen LogP contribution in [0.15, 0.2) is 18.2 Å². The molecule has 1 heterocycles. The topological polar surface area (TPSA) is 46.3 Å². The monoisotopic (exact) mass is 246 g/mol. The molecule has 0 spiro atoms. The molecule has 1 aliphatic heterocycles. The van der Waals surface area contributed by atoms with E-state index in [-0.39, 0.29) is 5.91 Å². The molecule has 1 amide bonds. The van der Waals surface area contributed by atoms with Gasteiger partial charge in [0.15, 0.2) is 0 Å². The molecule has 3 nitrogen and oxygen atoms in total. The van der Waals surface area contributed by atoms with Crippen LogP contribution in [0.5, 0.6) is 0 Å². The van der Waals surface area contributed by atoms with E-state index < -0.39 is 0 Å². The highest BCUT2D eigenvalue weighted by atomic mass is 16.2. The summed E-state index contributed by atoms with van der Waals surface area (Å²) in [5.74, 6) is 0.535. The molecule has 2 N–H and O–H groups in total. The van der Waals surface area contributed by atoms with Gasteiger partial charge in [-0.3, -0.25) is 4.79 Å². The molecular formula is C15H22N2O. The summed E-state index contributed by atoms with van der Waals surface area (Å²) in [6, 6.07) is 6.33. The Hall–Kier alpha value is -1.35. The lowest BCUT2D eigenvalue weighted by Gasteiger charge is -2.23. The van der Waals surface area contributed by atoms with E-state index >= 15 is 0 Å². The second-order valence-corrected chi connectivity index (χ2v) is 4.94. The minimum absolute atomic E-state index is 0.223. The maximum Gasteiger partial charge on any atom is 0.227 e. The lowest BCUT2D eigenvalue weighted by atomic mass is 10.0. The van der Waals surface area contributed by atoms with Gasteiger partial charge in [0.25, 0.3) is 0 Å². The molecule has 1 fully saturated rings. The summed E-state index contributed by atoms with van der Waals surface area (Å²) in [6.07, 6.45) is 2.51. The first-order valence-electron chi connectivity index (χ1n) is 6.82. The number of nitrogens with two attached hydrogens (primary N) is 1. The van der Waals surface area contributed by atoms with Crippen molar-refractivity contribution in [3.05, 3.63) is 29.3 Å². The van der Waals surface area contributed by atoms with Crippen LogP contribution in [-0.4, -0.2) is 19.0 Å². The molecule has 1 unspecified atom stereocenters. The van der Waals surface area contributed by atoms with Crippen molar-refractivity contribution in [2.75, 3.05) is 18.0 Å². The zero-order valence-corrected chi connectivity index (χ0v) is 11.3. The summed E-state index contributed by atoms with van der Waals surface area (Å²) >= 11 is 0. The molecular weight excluding hydrogens is 224 g/mol. The van der Waals surface area contributed by atoms with Gasteiger partial charge in [-0.2, -0.15) is 0 Å². The van der Waals surface area contributed by atoms with Crippen LogP contribution in [0.25, 0.3) is 0 Å². The largest absolute Gasteiger partial charge is 0.330 e. The number of para-hydroxylation sites is 1. The van der Waals surface area contributed by atoms with Gasteiger partial charge in [-0.15, -0.1) is 0 Å². The van der Waals surface area contributed by atoms with Crippen molar-refractivity contribution in [2.24, 2.45) is 11.7 Å². The third-order valence-electron chi connectivity index (χ3n) is 3.77. The van der Waals surface area contributed by atoms with Gasteiger partial charge in [0, 0.05) is 18.7 Å². The van der Waals surface area contributed by atoms with E-state index in [1.165, 1.54) is 11.1 Å². The highest BCUT2D eigenvalue weighted by Crippen LogP contribution is 2.31. The Bertz CT molecular complexity index is 420. The summed E-state index contributed by atoms with van der Waals surface area (Å²) in [5, 5.41) is 0. The number of carbonyl (C=O) groups is 1.